The lowest BCUT2D eigenvalue weighted by atomic mass is 10.0. The van der Waals surface area contributed by atoms with Crippen molar-refractivity contribution in [1.29, 1.82) is 0 Å². The Bertz CT molecular complexity index is 1060. The summed E-state index contributed by atoms with van der Waals surface area (Å²) in [6, 6.07) is 0.733. The minimum absolute atomic E-state index is 0.207. The molecular weight excluding hydrogens is 417 g/mol. The molecule has 1 aliphatic rings. The molecule has 1 aliphatic heterocycles. The number of aromatic nitrogens is 1. The van der Waals surface area contributed by atoms with Gasteiger partial charge in [0.25, 0.3) is 5.91 Å². The molecule has 0 fully saturated rings. The number of hydrogen-bond acceptors (Lipinski definition) is 6. The number of nitrogens with zero attached hydrogens (tertiary/aromatic N) is 2. The summed E-state index contributed by atoms with van der Waals surface area (Å²) in [4.78, 5) is 17.6. The highest BCUT2D eigenvalue weighted by Gasteiger charge is 2.46. The number of hydrogen-bond donors (Lipinski definition) is 2. The predicted molar refractivity (Wildman–Crippen MR) is 98.3 cm³/mol. The van der Waals surface area contributed by atoms with E-state index in [0.717, 1.165) is 18.3 Å². The smallest absolute Gasteiger partial charge is 0.375 e. The van der Waals surface area contributed by atoms with Gasteiger partial charge in [-0.15, -0.1) is 0 Å². The molecule has 0 spiro atoms. The van der Waals surface area contributed by atoms with Gasteiger partial charge in [-0.3, -0.25) is 4.79 Å². The predicted octanol–water partition coefficient (Wildman–Crippen LogP) is 2.52. The van der Waals surface area contributed by atoms with Crippen LogP contribution >= 0.6 is 11.3 Å². The van der Waals surface area contributed by atoms with E-state index in [9.17, 15) is 26.4 Å². The van der Waals surface area contributed by atoms with Gasteiger partial charge in [-0.05, 0) is 44.2 Å². The second kappa shape index (κ2) is 6.71. The molecule has 1 aromatic carbocycles. The summed E-state index contributed by atoms with van der Waals surface area (Å²) >= 11 is 1.12. The Hall–Kier alpha value is -2.18. The summed E-state index contributed by atoms with van der Waals surface area (Å²) in [5.74, 6) is -0.972. The van der Waals surface area contributed by atoms with Gasteiger partial charge in [0.2, 0.25) is 10.0 Å². The third-order valence-corrected chi connectivity index (χ3v) is 7.05. The van der Waals surface area contributed by atoms with Gasteiger partial charge in [-0.25, -0.2) is 18.1 Å². The number of thiazole rings is 1. The quantitative estimate of drug-likeness (QED) is 0.769. The first-order valence-corrected chi connectivity index (χ1v) is 10.4. The van der Waals surface area contributed by atoms with Crippen LogP contribution in [-0.4, -0.2) is 43.5 Å². The van der Waals surface area contributed by atoms with E-state index in [1.807, 2.05) is 0 Å². The average molecular weight is 434 g/mol. The Kier molecular flexibility index (Phi) is 4.92. The molecule has 1 aromatic heterocycles. The Morgan fingerprint density at radius 2 is 2.00 bits per heavy atom. The maximum absolute atomic E-state index is 13.2. The van der Waals surface area contributed by atoms with Crippen LogP contribution in [0.3, 0.4) is 0 Å². The Balaban J connectivity index is 2.22. The number of halogens is 3. The minimum atomic E-state index is -4.63. The van der Waals surface area contributed by atoms with Crippen LogP contribution in [0.4, 0.5) is 18.3 Å². The first kappa shape index (κ1) is 20.6. The molecule has 1 amide bonds. The number of nitrogen functional groups attached to an aromatic ring is 1. The number of alkyl halides is 3. The van der Waals surface area contributed by atoms with Crippen molar-refractivity contribution in [2.45, 2.75) is 37.5 Å². The first-order valence-electron chi connectivity index (χ1n) is 8.08. The van der Waals surface area contributed by atoms with Crippen LogP contribution in [0.2, 0.25) is 0 Å². The lowest BCUT2D eigenvalue weighted by Crippen LogP contribution is -2.43. The summed E-state index contributed by atoms with van der Waals surface area (Å²) in [6.07, 6.45) is -4.63. The van der Waals surface area contributed by atoms with Crippen molar-refractivity contribution in [2.24, 2.45) is 0 Å². The second-order valence-electron chi connectivity index (χ2n) is 6.33. The van der Waals surface area contributed by atoms with Crippen LogP contribution in [0.15, 0.2) is 17.0 Å². The molecule has 152 valence electrons. The number of amides is 1. The van der Waals surface area contributed by atoms with Gasteiger partial charge >= 0.3 is 6.18 Å². The fourth-order valence-corrected chi connectivity index (χ4v) is 4.88. The number of rotatable bonds is 4. The molecule has 12 heteroatoms. The molecule has 3 N–H and O–H groups in total. The number of anilines is 1. The highest BCUT2D eigenvalue weighted by atomic mass is 32.2. The lowest BCUT2D eigenvalue weighted by Gasteiger charge is -2.26. The van der Waals surface area contributed by atoms with Gasteiger partial charge in [-0.1, -0.05) is 11.3 Å². The monoisotopic (exact) mass is 434 g/mol. The third-order valence-electron chi connectivity index (χ3n) is 4.57. The van der Waals surface area contributed by atoms with Crippen LogP contribution in [0.1, 0.15) is 28.5 Å². The van der Waals surface area contributed by atoms with Crippen molar-refractivity contribution in [3.05, 3.63) is 29.0 Å². The average Bonchev–Trinajstić information content (AvgIpc) is 3.11. The van der Waals surface area contributed by atoms with Crippen molar-refractivity contribution < 1.29 is 26.4 Å². The Labute approximate surface area is 163 Å². The second-order valence-corrected chi connectivity index (χ2v) is 9.22. The molecule has 2 aromatic rings. The van der Waals surface area contributed by atoms with Crippen molar-refractivity contribution in [1.82, 2.24) is 14.6 Å². The van der Waals surface area contributed by atoms with Crippen molar-refractivity contribution in [3.63, 3.8) is 0 Å². The number of carbonyl (C=O) groups excluding carboxylic acids is 1. The molecule has 28 heavy (non-hydrogen) atoms. The van der Waals surface area contributed by atoms with Crippen molar-refractivity contribution in [3.8, 4) is 10.4 Å². The number of nitrogens with two attached hydrogens (primary N) is 1. The maximum Gasteiger partial charge on any atom is 0.408 e. The summed E-state index contributed by atoms with van der Waals surface area (Å²) in [5, 5.41) is 0.273. The third kappa shape index (κ3) is 3.35. The van der Waals surface area contributed by atoms with Crippen LogP contribution in [-0.2, 0) is 16.6 Å². The number of fused-ring (bicyclic) bond motifs is 1. The fourth-order valence-electron chi connectivity index (χ4n) is 3.07. The number of nitrogens with one attached hydrogen (secondary N) is 1. The lowest BCUT2D eigenvalue weighted by molar-refractivity contribution is -0.172. The zero-order valence-electron chi connectivity index (χ0n) is 15.1. The zero-order valence-corrected chi connectivity index (χ0v) is 16.7. The Morgan fingerprint density at radius 3 is 2.50 bits per heavy atom. The summed E-state index contributed by atoms with van der Waals surface area (Å²) < 4.78 is 66.6. The zero-order chi connectivity index (χ0) is 21.0. The number of sulfonamides is 1. The number of benzene rings is 1. The van der Waals surface area contributed by atoms with E-state index in [0.29, 0.717) is 21.0 Å². The van der Waals surface area contributed by atoms with E-state index in [4.69, 9.17) is 5.73 Å². The van der Waals surface area contributed by atoms with Gasteiger partial charge in [0.1, 0.15) is 6.04 Å². The molecule has 0 saturated heterocycles. The van der Waals surface area contributed by atoms with Crippen molar-refractivity contribution in [2.75, 3.05) is 12.8 Å². The molecule has 7 nitrogen and oxygen atoms in total. The van der Waals surface area contributed by atoms with Gasteiger partial charge in [0.05, 0.1) is 21.0 Å². The summed E-state index contributed by atoms with van der Waals surface area (Å²) in [7, 11) is -2.94. The Morgan fingerprint density at radius 1 is 1.36 bits per heavy atom. The molecule has 0 saturated carbocycles. The normalized spacial score (nSPS) is 15.8. The standard InChI is InChI=1S/C16H17F3N4O3S2/c1-7-13(27-15(20)22-7)9-4-10-6-23(8(2)16(17,18)19)14(24)12(10)11(5-9)28(25,26)21-3/h4-5,8,21H,6H2,1-3H3,(H2,20,22). The molecular formula is C16H17F3N4O3S2. The summed E-state index contributed by atoms with van der Waals surface area (Å²) in [6.45, 7) is 2.21. The SMILES string of the molecule is CNS(=O)(=O)c1cc(-c2sc(N)nc2C)cc2c1C(=O)N(C(C)C(F)(F)F)C2. The van der Waals surface area contributed by atoms with E-state index >= 15 is 0 Å². The van der Waals surface area contributed by atoms with E-state index in [-0.39, 0.29) is 27.7 Å². The van der Waals surface area contributed by atoms with E-state index in [1.165, 1.54) is 19.2 Å². The van der Waals surface area contributed by atoms with Gasteiger partial charge < -0.3 is 10.6 Å². The van der Waals surface area contributed by atoms with Gasteiger partial charge in [-0.2, -0.15) is 13.2 Å². The first-order chi connectivity index (χ1) is 12.9. The molecule has 0 bridgehead atoms. The highest BCUT2D eigenvalue weighted by molar-refractivity contribution is 7.89. The van der Waals surface area contributed by atoms with Crippen LogP contribution in [0, 0.1) is 6.92 Å². The molecule has 2 heterocycles. The molecule has 3 rings (SSSR count). The fraction of sp³-hybridized carbons (Fsp3) is 0.375. The van der Waals surface area contributed by atoms with E-state index in [1.54, 1.807) is 6.92 Å². The van der Waals surface area contributed by atoms with E-state index in [2.05, 4.69) is 9.71 Å². The summed E-state index contributed by atoms with van der Waals surface area (Å²) in [5.41, 5.74) is 6.64. The molecule has 0 radical (unpaired) electrons. The minimum Gasteiger partial charge on any atom is -0.375 e. The molecule has 1 atom stereocenters. The van der Waals surface area contributed by atoms with Crippen molar-refractivity contribution >= 4 is 32.4 Å². The largest absolute Gasteiger partial charge is 0.408 e. The van der Waals surface area contributed by atoms with E-state index < -0.39 is 28.1 Å². The highest BCUT2D eigenvalue weighted by Crippen LogP contribution is 2.39. The molecule has 0 aliphatic carbocycles. The topological polar surface area (TPSA) is 105 Å². The van der Waals surface area contributed by atoms with Gasteiger partial charge in [0.15, 0.2) is 5.13 Å². The molecule has 1 unspecified atom stereocenters. The number of carbonyl (C=O) groups is 1. The maximum atomic E-state index is 13.2. The van der Waals surface area contributed by atoms with Crippen LogP contribution in [0.25, 0.3) is 10.4 Å². The number of aryl methyl sites for hydroxylation is 1. The van der Waals surface area contributed by atoms with Crippen LogP contribution in [0.5, 0.6) is 0 Å². The van der Waals surface area contributed by atoms with Crippen LogP contribution < -0.4 is 10.5 Å². The van der Waals surface area contributed by atoms with Gasteiger partial charge in [0, 0.05) is 6.54 Å².